The van der Waals surface area contributed by atoms with Crippen molar-refractivity contribution in [3.63, 3.8) is 0 Å². The van der Waals surface area contributed by atoms with Gasteiger partial charge in [-0.2, -0.15) is 0 Å². The standard InChI is InChI=1S/C76H148O17P2/c1-7-9-11-13-15-17-18-19-20-21-22-23-24-27-31-34-37-41-48-54-60-75(80)92-71(64-87-74(79)59-53-47-40-36-33-30-28-25-26-29-32-35-38-44-50-56-68(3)4)66-90-94(82,83)88-62-70(77)63-89-95(84,85)91-67-72(65-86-73(78)58-52-46-39-16-14-12-10-8-2)93-76(81)61-55-49-43-42-45-51-57-69(5)6/h68-72,77H,7-67H2,1-6H3,(H,82,83)(H,84,85)/t70-,71-,72-/m1/s1. The Morgan fingerprint density at radius 1 is 0.284 bits per heavy atom. The fourth-order valence-corrected chi connectivity index (χ4v) is 13.2. The Bertz CT molecular complexity index is 1840. The maximum absolute atomic E-state index is 13.1. The summed E-state index contributed by atoms with van der Waals surface area (Å²) in [7, 11) is -9.90. The molecule has 17 nitrogen and oxygen atoms in total. The van der Waals surface area contributed by atoms with Crippen LogP contribution in [-0.2, 0) is 65.4 Å². The number of aliphatic hydroxyl groups excluding tert-OH is 1. The van der Waals surface area contributed by atoms with Gasteiger partial charge >= 0.3 is 39.5 Å². The molecule has 0 saturated heterocycles. The third kappa shape index (κ3) is 70.3. The zero-order valence-corrected chi connectivity index (χ0v) is 63.8. The Balaban J connectivity index is 5.16. The number of ether oxygens (including phenoxy) is 4. The Labute approximate surface area is 581 Å². The highest BCUT2D eigenvalue weighted by Crippen LogP contribution is 2.45. The lowest BCUT2D eigenvalue weighted by molar-refractivity contribution is -0.161. The molecule has 3 N–H and O–H groups in total. The molecular formula is C76H148O17P2. The van der Waals surface area contributed by atoms with Crippen LogP contribution >= 0.6 is 15.6 Å². The molecule has 0 fully saturated rings. The van der Waals surface area contributed by atoms with Crippen LogP contribution in [0, 0.1) is 11.8 Å². The second kappa shape index (κ2) is 67.9. The van der Waals surface area contributed by atoms with Gasteiger partial charge in [-0.05, 0) is 37.5 Å². The van der Waals surface area contributed by atoms with Gasteiger partial charge in [-0.1, -0.05) is 343 Å². The van der Waals surface area contributed by atoms with E-state index in [1.807, 2.05) is 0 Å². The molecule has 0 amide bonds. The van der Waals surface area contributed by atoms with E-state index in [-0.39, 0.29) is 25.7 Å². The summed E-state index contributed by atoms with van der Waals surface area (Å²) < 4.78 is 68.4. The first-order valence-corrected chi connectivity index (χ1v) is 42.5. The minimum Gasteiger partial charge on any atom is -0.462 e. The first-order valence-electron chi connectivity index (χ1n) is 39.5. The number of hydrogen-bond acceptors (Lipinski definition) is 15. The molecule has 0 saturated carbocycles. The highest BCUT2D eigenvalue weighted by molar-refractivity contribution is 7.47. The molecule has 19 heteroatoms. The van der Waals surface area contributed by atoms with Crippen LogP contribution in [0.3, 0.4) is 0 Å². The summed E-state index contributed by atoms with van der Waals surface area (Å²) >= 11 is 0. The average Bonchev–Trinajstić information content (AvgIpc) is 2.09. The maximum Gasteiger partial charge on any atom is 0.472 e. The van der Waals surface area contributed by atoms with Crippen molar-refractivity contribution in [2.45, 2.75) is 413 Å². The van der Waals surface area contributed by atoms with E-state index < -0.39 is 97.5 Å². The Kier molecular flexibility index (Phi) is 66.5. The SMILES string of the molecule is CCCCCCCCCCCCCCCCCCCCCCC(=O)O[C@H](COC(=O)CCCCCCCCCCCCCCCCCC(C)C)COP(=O)(O)OC[C@@H](O)COP(=O)(O)OC[C@@H](COC(=O)CCCCCCCCCC)OC(=O)CCCCCCCCC(C)C. The van der Waals surface area contributed by atoms with Gasteiger partial charge in [0.15, 0.2) is 12.2 Å². The number of hydrogen-bond donors (Lipinski definition) is 3. The van der Waals surface area contributed by atoms with Crippen molar-refractivity contribution in [3.8, 4) is 0 Å². The van der Waals surface area contributed by atoms with Crippen LogP contribution in [0.15, 0.2) is 0 Å². The molecule has 0 bridgehead atoms. The summed E-state index contributed by atoms with van der Waals surface area (Å²) in [5, 5.41) is 10.6. The molecule has 0 aromatic rings. The second-order valence-corrected chi connectivity index (χ2v) is 31.3. The minimum absolute atomic E-state index is 0.102. The van der Waals surface area contributed by atoms with Crippen molar-refractivity contribution in [2.75, 3.05) is 39.6 Å². The first kappa shape index (κ1) is 93.1. The van der Waals surface area contributed by atoms with E-state index in [1.54, 1.807) is 0 Å². The van der Waals surface area contributed by atoms with Crippen LogP contribution < -0.4 is 0 Å². The summed E-state index contributed by atoms with van der Waals surface area (Å²) in [5.74, 6) is -0.648. The fourth-order valence-electron chi connectivity index (χ4n) is 11.7. The van der Waals surface area contributed by atoms with Crippen LogP contribution in [0.1, 0.15) is 395 Å². The molecule has 0 aliphatic heterocycles. The van der Waals surface area contributed by atoms with E-state index in [2.05, 4.69) is 41.5 Å². The number of phosphoric ester groups is 2. The number of carbonyl (C=O) groups excluding carboxylic acids is 4. The zero-order valence-electron chi connectivity index (χ0n) is 62.0. The first-order chi connectivity index (χ1) is 45.9. The zero-order chi connectivity index (χ0) is 70.0. The van der Waals surface area contributed by atoms with Gasteiger partial charge in [0.25, 0.3) is 0 Å². The summed E-state index contributed by atoms with van der Waals surface area (Å²) in [6.07, 6.45) is 55.9. The van der Waals surface area contributed by atoms with E-state index in [4.69, 9.17) is 37.0 Å². The highest BCUT2D eigenvalue weighted by Gasteiger charge is 2.30. The lowest BCUT2D eigenvalue weighted by atomic mass is 10.0. The Morgan fingerprint density at radius 3 is 0.716 bits per heavy atom. The molecule has 0 radical (unpaired) electrons. The molecule has 0 aromatic heterocycles. The molecular weight excluding hydrogens is 1250 g/mol. The number of unbranched alkanes of at least 4 members (excludes halogenated alkanes) is 45. The fraction of sp³-hybridized carbons (Fsp3) is 0.947. The van der Waals surface area contributed by atoms with Gasteiger partial charge in [-0.3, -0.25) is 37.3 Å². The number of aliphatic hydroxyl groups is 1. The van der Waals surface area contributed by atoms with Crippen molar-refractivity contribution in [1.29, 1.82) is 0 Å². The molecule has 564 valence electrons. The Morgan fingerprint density at radius 2 is 0.484 bits per heavy atom. The van der Waals surface area contributed by atoms with Gasteiger partial charge in [0, 0.05) is 25.7 Å². The van der Waals surface area contributed by atoms with Gasteiger partial charge in [-0.15, -0.1) is 0 Å². The van der Waals surface area contributed by atoms with Crippen molar-refractivity contribution in [3.05, 3.63) is 0 Å². The van der Waals surface area contributed by atoms with Crippen molar-refractivity contribution in [2.24, 2.45) is 11.8 Å². The van der Waals surface area contributed by atoms with Crippen molar-refractivity contribution < 1.29 is 80.2 Å². The van der Waals surface area contributed by atoms with Gasteiger partial charge in [0.2, 0.25) is 0 Å². The lowest BCUT2D eigenvalue weighted by Gasteiger charge is -2.21. The molecule has 95 heavy (non-hydrogen) atoms. The van der Waals surface area contributed by atoms with Crippen LogP contribution in [0.5, 0.6) is 0 Å². The average molecular weight is 1400 g/mol. The number of rotatable bonds is 75. The van der Waals surface area contributed by atoms with E-state index >= 15 is 0 Å². The predicted molar refractivity (Wildman–Crippen MR) is 386 cm³/mol. The summed E-state index contributed by atoms with van der Waals surface area (Å²) in [5.41, 5.74) is 0. The van der Waals surface area contributed by atoms with Crippen LogP contribution in [0.2, 0.25) is 0 Å². The summed E-state index contributed by atoms with van der Waals surface area (Å²) in [6.45, 7) is 9.50. The lowest BCUT2D eigenvalue weighted by Crippen LogP contribution is -2.30. The molecule has 0 aliphatic carbocycles. The smallest absolute Gasteiger partial charge is 0.462 e. The molecule has 0 aromatic carbocycles. The van der Waals surface area contributed by atoms with Crippen molar-refractivity contribution in [1.82, 2.24) is 0 Å². The number of carbonyl (C=O) groups is 4. The Hall–Kier alpha value is -1.94. The van der Waals surface area contributed by atoms with Crippen molar-refractivity contribution >= 4 is 39.5 Å². The van der Waals surface area contributed by atoms with Crippen LogP contribution in [-0.4, -0.2) is 96.7 Å². The van der Waals surface area contributed by atoms with E-state index in [0.29, 0.717) is 31.6 Å². The number of esters is 4. The van der Waals surface area contributed by atoms with Gasteiger partial charge in [0.1, 0.15) is 19.3 Å². The molecule has 2 unspecified atom stereocenters. The largest absolute Gasteiger partial charge is 0.472 e. The van der Waals surface area contributed by atoms with Gasteiger partial charge < -0.3 is 33.8 Å². The molecule has 0 aliphatic rings. The molecule has 0 heterocycles. The van der Waals surface area contributed by atoms with Crippen LogP contribution in [0.25, 0.3) is 0 Å². The van der Waals surface area contributed by atoms with E-state index in [9.17, 15) is 43.2 Å². The predicted octanol–water partition coefficient (Wildman–Crippen LogP) is 22.3. The molecule has 0 rings (SSSR count). The monoisotopic (exact) mass is 1400 g/mol. The minimum atomic E-state index is -4.96. The van der Waals surface area contributed by atoms with Crippen LogP contribution in [0.4, 0.5) is 0 Å². The van der Waals surface area contributed by atoms with E-state index in [1.165, 1.54) is 205 Å². The van der Waals surface area contributed by atoms with E-state index in [0.717, 1.165) is 102 Å². The topological polar surface area (TPSA) is 237 Å². The third-order valence-corrected chi connectivity index (χ3v) is 19.6. The normalized spacial score (nSPS) is 14.0. The summed E-state index contributed by atoms with van der Waals surface area (Å²) in [4.78, 5) is 72.6. The van der Waals surface area contributed by atoms with Gasteiger partial charge in [0.05, 0.1) is 26.4 Å². The molecule has 5 atom stereocenters. The second-order valence-electron chi connectivity index (χ2n) is 28.3. The number of phosphoric acid groups is 2. The quantitative estimate of drug-likeness (QED) is 0.0222. The third-order valence-electron chi connectivity index (χ3n) is 17.7. The van der Waals surface area contributed by atoms with Gasteiger partial charge in [-0.25, -0.2) is 9.13 Å². The highest BCUT2D eigenvalue weighted by atomic mass is 31.2. The summed E-state index contributed by atoms with van der Waals surface area (Å²) in [6, 6.07) is 0. The maximum atomic E-state index is 13.1. The molecule has 0 spiro atoms.